The van der Waals surface area contributed by atoms with Gasteiger partial charge in [-0.25, -0.2) is 0 Å². The molecule has 16 heavy (non-hydrogen) atoms. The number of nitrogens with two attached hydrogens (primary N) is 1. The molecule has 1 atom stereocenters. The van der Waals surface area contributed by atoms with Crippen molar-refractivity contribution in [3.8, 4) is 0 Å². The summed E-state index contributed by atoms with van der Waals surface area (Å²) >= 11 is 0. The Morgan fingerprint density at radius 1 is 1.44 bits per heavy atom. The molecule has 0 aromatic heterocycles. The van der Waals surface area contributed by atoms with Crippen molar-refractivity contribution in [1.82, 2.24) is 5.32 Å². The Morgan fingerprint density at radius 2 is 2.06 bits per heavy atom. The third-order valence-corrected chi connectivity index (χ3v) is 3.94. The molecule has 1 amide bonds. The maximum absolute atomic E-state index is 12.1. The summed E-state index contributed by atoms with van der Waals surface area (Å²) in [7, 11) is 0. The van der Waals surface area contributed by atoms with Crippen molar-refractivity contribution < 1.29 is 4.79 Å². The van der Waals surface area contributed by atoms with E-state index >= 15 is 0 Å². The second kappa shape index (κ2) is 4.74. The van der Waals surface area contributed by atoms with Gasteiger partial charge < -0.3 is 11.1 Å². The third-order valence-electron chi connectivity index (χ3n) is 3.94. The van der Waals surface area contributed by atoms with E-state index in [0.717, 1.165) is 6.42 Å². The Labute approximate surface area is 99.2 Å². The quantitative estimate of drug-likeness (QED) is 0.774. The zero-order valence-corrected chi connectivity index (χ0v) is 11.1. The van der Waals surface area contributed by atoms with E-state index < -0.39 is 5.41 Å². The van der Waals surface area contributed by atoms with E-state index in [2.05, 4.69) is 19.2 Å². The number of carbonyl (C=O) groups is 1. The standard InChI is InChI=1S/C13H26N2O/c1-12(2)8-6-5-7-10(12)15-11(16)13(3,4)9-14/h10H,5-9,14H2,1-4H3,(H,15,16). The highest BCUT2D eigenvalue weighted by atomic mass is 16.2. The number of hydrogen-bond donors (Lipinski definition) is 2. The molecule has 1 aliphatic carbocycles. The van der Waals surface area contributed by atoms with Crippen LogP contribution in [-0.4, -0.2) is 18.5 Å². The molecule has 0 spiro atoms. The minimum absolute atomic E-state index is 0.0926. The first-order chi connectivity index (χ1) is 7.29. The fourth-order valence-corrected chi connectivity index (χ4v) is 2.21. The second-order valence-electron chi connectivity index (χ2n) is 6.35. The topological polar surface area (TPSA) is 55.1 Å². The van der Waals surface area contributed by atoms with Crippen molar-refractivity contribution in [1.29, 1.82) is 0 Å². The van der Waals surface area contributed by atoms with Crippen molar-refractivity contribution in [2.24, 2.45) is 16.6 Å². The zero-order chi connectivity index (χ0) is 12.4. The predicted octanol–water partition coefficient (Wildman–Crippen LogP) is 2.06. The van der Waals surface area contributed by atoms with E-state index in [0.29, 0.717) is 12.6 Å². The first-order valence-electron chi connectivity index (χ1n) is 6.31. The van der Waals surface area contributed by atoms with Gasteiger partial charge in [-0.1, -0.05) is 26.7 Å². The summed E-state index contributed by atoms with van der Waals surface area (Å²) in [6, 6.07) is 0.305. The van der Waals surface area contributed by atoms with Gasteiger partial charge in [-0.3, -0.25) is 4.79 Å². The monoisotopic (exact) mass is 226 g/mol. The highest BCUT2D eigenvalue weighted by molar-refractivity contribution is 5.82. The first-order valence-corrected chi connectivity index (χ1v) is 6.31. The van der Waals surface area contributed by atoms with Gasteiger partial charge in [0.2, 0.25) is 5.91 Å². The van der Waals surface area contributed by atoms with Crippen LogP contribution in [0.15, 0.2) is 0 Å². The first kappa shape index (κ1) is 13.5. The molecule has 1 unspecified atom stereocenters. The number of nitrogens with one attached hydrogen (secondary N) is 1. The molecular weight excluding hydrogens is 200 g/mol. The average molecular weight is 226 g/mol. The average Bonchev–Trinajstić information content (AvgIpc) is 2.21. The molecule has 3 N–H and O–H groups in total. The molecule has 0 aromatic carbocycles. The largest absolute Gasteiger partial charge is 0.352 e. The van der Waals surface area contributed by atoms with E-state index in [1.807, 2.05) is 13.8 Å². The summed E-state index contributed by atoms with van der Waals surface area (Å²) in [6.45, 7) is 8.68. The third kappa shape index (κ3) is 2.97. The summed E-state index contributed by atoms with van der Waals surface area (Å²) in [4.78, 5) is 12.1. The van der Waals surface area contributed by atoms with Gasteiger partial charge >= 0.3 is 0 Å². The minimum atomic E-state index is -0.451. The summed E-state index contributed by atoms with van der Waals surface area (Å²) in [5.74, 6) is 0.0926. The maximum atomic E-state index is 12.1. The molecule has 1 rings (SSSR count). The molecule has 0 aliphatic heterocycles. The lowest BCUT2D eigenvalue weighted by Crippen LogP contribution is -2.52. The molecule has 0 bridgehead atoms. The van der Waals surface area contributed by atoms with Gasteiger partial charge in [-0.05, 0) is 32.1 Å². The lowest BCUT2D eigenvalue weighted by atomic mass is 9.73. The van der Waals surface area contributed by atoms with Crippen LogP contribution in [0.3, 0.4) is 0 Å². The number of amides is 1. The fraction of sp³-hybridized carbons (Fsp3) is 0.923. The highest BCUT2D eigenvalue weighted by Gasteiger charge is 2.36. The molecule has 0 saturated heterocycles. The summed E-state index contributed by atoms with van der Waals surface area (Å²) < 4.78 is 0. The van der Waals surface area contributed by atoms with Crippen LogP contribution in [0.1, 0.15) is 53.4 Å². The Hall–Kier alpha value is -0.570. The van der Waals surface area contributed by atoms with Crippen LogP contribution in [0.25, 0.3) is 0 Å². The van der Waals surface area contributed by atoms with Crippen molar-refractivity contribution in [3.05, 3.63) is 0 Å². The van der Waals surface area contributed by atoms with Gasteiger partial charge in [-0.15, -0.1) is 0 Å². The van der Waals surface area contributed by atoms with Crippen LogP contribution in [0.2, 0.25) is 0 Å². The lowest BCUT2D eigenvalue weighted by molar-refractivity contribution is -0.130. The molecule has 1 saturated carbocycles. The van der Waals surface area contributed by atoms with Crippen LogP contribution >= 0.6 is 0 Å². The molecule has 3 nitrogen and oxygen atoms in total. The predicted molar refractivity (Wildman–Crippen MR) is 67.0 cm³/mol. The molecule has 0 aromatic rings. The molecule has 1 aliphatic rings. The van der Waals surface area contributed by atoms with E-state index in [1.165, 1.54) is 19.3 Å². The van der Waals surface area contributed by atoms with Crippen LogP contribution in [0.5, 0.6) is 0 Å². The summed E-state index contributed by atoms with van der Waals surface area (Å²) in [5.41, 5.74) is 5.39. The minimum Gasteiger partial charge on any atom is -0.352 e. The van der Waals surface area contributed by atoms with Crippen LogP contribution in [0.4, 0.5) is 0 Å². The second-order valence-corrected chi connectivity index (χ2v) is 6.35. The van der Waals surface area contributed by atoms with Crippen LogP contribution in [0, 0.1) is 10.8 Å². The van der Waals surface area contributed by atoms with Crippen LogP contribution in [-0.2, 0) is 4.79 Å². The number of carbonyl (C=O) groups excluding carboxylic acids is 1. The normalized spacial score (nSPS) is 25.2. The van der Waals surface area contributed by atoms with Crippen molar-refractivity contribution >= 4 is 5.91 Å². The van der Waals surface area contributed by atoms with E-state index in [-0.39, 0.29) is 11.3 Å². The Morgan fingerprint density at radius 3 is 2.56 bits per heavy atom. The summed E-state index contributed by atoms with van der Waals surface area (Å²) in [5, 5.41) is 3.18. The SMILES string of the molecule is CC(C)(CN)C(=O)NC1CCCCC1(C)C. The van der Waals surface area contributed by atoms with Crippen molar-refractivity contribution in [3.63, 3.8) is 0 Å². The van der Waals surface area contributed by atoms with Crippen molar-refractivity contribution in [2.45, 2.75) is 59.4 Å². The summed E-state index contributed by atoms with van der Waals surface area (Å²) in [6.07, 6.45) is 4.79. The Bertz CT molecular complexity index is 259. The molecule has 94 valence electrons. The highest BCUT2D eigenvalue weighted by Crippen LogP contribution is 2.35. The van der Waals surface area contributed by atoms with Crippen molar-refractivity contribution in [2.75, 3.05) is 6.54 Å². The molecule has 1 fully saturated rings. The van der Waals surface area contributed by atoms with Gasteiger partial charge in [0.05, 0.1) is 5.41 Å². The van der Waals surface area contributed by atoms with Gasteiger partial charge in [0.25, 0.3) is 0 Å². The smallest absolute Gasteiger partial charge is 0.227 e. The maximum Gasteiger partial charge on any atom is 0.227 e. The molecule has 3 heteroatoms. The molecule has 0 heterocycles. The van der Waals surface area contributed by atoms with Gasteiger partial charge in [0.1, 0.15) is 0 Å². The van der Waals surface area contributed by atoms with Gasteiger partial charge in [0.15, 0.2) is 0 Å². The van der Waals surface area contributed by atoms with Crippen LogP contribution < -0.4 is 11.1 Å². The molecule has 0 radical (unpaired) electrons. The lowest BCUT2D eigenvalue weighted by Gasteiger charge is -2.40. The van der Waals surface area contributed by atoms with Gasteiger partial charge in [0, 0.05) is 12.6 Å². The fourth-order valence-electron chi connectivity index (χ4n) is 2.21. The van der Waals surface area contributed by atoms with Gasteiger partial charge in [-0.2, -0.15) is 0 Å². The zero-order valence-electron chi connectivity index (χ0n) is 11.1. The number of hydrogen-bond acceptors (Lipinski definition) is 2. The van der Waals surface area contributed by atoms with E-state index in [1.54, 1.807) is 0 Å². The Balaban J connectivity index is 2.62. The molecular formula is C13H26N2O. The van der Waals surface area contributed by atoms with E-state index in [4.69, 9.17) is 5.73 Å². The van der Waals surface area contributed by atoms with E-state index in [9.17, 15) is 4.79 Å². The Kier molecular flexibility index (Phi) is 4.00. The number of rotatable bonds is 3.